The SMILES string of the molecule is N#CCc1cc(C(F)F)c(C#N)c([N+](=O)[O-])n1. The molecule has 0 bridgehead atoms. The molecule has 0 fully saturated rings. The molecule has 1 heterocycles. The van der Waals surface area contributed by atoms with E-state index in [4.69, 9.17) is 10.5 Å². The van der Waals surface area contributed by atoms with Gasteiger partial charge in [0, 0.05) is 5.56 Å². The highest BCUT2D eigenvalue weighted by Crippen LogP contribution is 2.28. The molecule has 0 radical (unpaired) electrons. The predicted molar refractivity (Wildman–Crippen MR) is 49.9 cm³/mol. The second-order valence-electron chi connectivity index (χ2n) is 2.91. The van der Waals surface area contributed by atoms with Crippen molar-refractivity contribution in [2.45, 2.75) is 12.8 Å². The first-order chi connectivity index (χ1) is 8.01. The van der Waals surface area contributed by atoms with Gasteiger partial charge in [0.1, 0.15) is 12.5 Å². The summed E-state index contributed by atoms with van der Waals surface area (Å²) >= 11 is 0. The van der Waals surface area contributed by atoms with Crippen LogP contribution in [0.4, 0.5) is 14.6 Å². The molecule has 8 heteroatoms. The van der Waals surface area contributed by atoms with Gasteiger partial charge in [-0.25, -0.2) is 8.78 Å². The first-order valence-electron chi connectivity index (χ1n) is 4.24. The average Bonchev–Trinajstić information content (AvgIpc) is 2.28. The van der Waals surface area contributed by atoms with E-state index in [9.17, 15) is 18.9 Å². The van der Waals surface area contributed by atoms with Crippen molar-refractivity contribution in [3.63, 3.8) is 0 Å². The van der Waals surface area contributed by atoms with E-state index in [0.29, 0.717) is 0 Å². The maximum Gasteiger partial charge on any atom is 0.382 e. The Morgan fingerprint density at radius 2 is 2.18 bits per heavy atom. The third kappa shape index (κ3) is 2.49. The van der Waals surface area contributed by atoms with E-state index in [0.717, 1.165) is 6.07 Å². The number of hydrogen-bond acceptors (Lipinski definition) is 5. The molecule has 0 amide bonds. The van der Waals surface area contributed by atoms with Gasteiger partial charge in [0.2, 0.25) is 0 Å². The Morgan fingerprint density at radius 1 is 1.53 bits per heavy atom. The van der Waals surface area contributed by atoms with Gasteiger partial charge in [0.15, 0.2) is 11.3 Å². The van der Waals surface area contributed by atoms with Crippen molar-refractivity contribution < 1.29 is 13.7 Å². The van der Waals surface area contributed by atoms with Gasteiger partial charge in [-0.15, -0.1) is 0 Å². The van der Waals surface area contributed by atoms with E-state index in [1.807, 2.05) is 0 Å². The number of rotatable bonds is 3. The fraction of sp³-hybridized carbons (Fsp3) is 0.222. The van der Waals surface area contributed by atoms with Gasteiger partial charge in [0.05, 0.1) is 6.07 Å². The smallest absolute Gasteiger partial charge is 0.358 e. The van der Waals surface area contributed by atoms with E-state index in [1.165, 1.54) is 6.07 Å². The Bertz CT molecular complexity index is 545. The Kier molecular flexibility index (Phi) is 3.62. The van der Waals surface area contributed by atoms with Crippen LogP contribution in [0.3, 0.4) is 0 Å². The molecule has 0 unspecified atom stereocenters. The fourth-order valence-electron chi connectivity index (χ4n) is 1.20. The Balaban J connectivity index is 3.54. The molecule has 6 nitrogen and oxygen atoms in total. The molecule has 0 atom stereocenters. The minimum absolute atomic E-state index is 0.159. The normalized spacial score (nSPS) is 9.71. The van der Waals surface area contributed by atoms with Crippen LogP contribution in [0.2, 0.25) is 0 Å². The van der Waals surface area contributed by atoms with Gasteiger partial charge in [0.25, 0.3) is 6.43 Å². The number of nitriles is 2. The molecule has 0 N–H and O–H groups in total. The van der Waals surface area contributed by atoms with Crippen LogP contribution in [-0.2, 0) is 6.42 Å². The lowest BCUT2D eigenvalue weighted by molar-refractivity contribution is -0.390. The molecular weight excluding hydrogens is 234 g/mol. The molecule has 0 aliphatic carbocycles. The van der Waals surface area contributed by atoms with Crippen LogP contribution in [0.1, 0.15) is 23.2 Å². The lowest BCUT2D eigenvalue weighted by Crippen LogP contribution is -2.04. The molecule has 86 valence electrons. The van der Waals surface area contributed by atoms with Gasteiger partial charge < -0.3 is 10.1 Å². The maximum absolute atomic E-state index is 12.6. The van der Waals surface area contributed by atoms with Gasteiger partial charge in [-0.1, -0.05) is 0 Å². The van der Waals surface area contributed by atoms with Crippen LogP contribution in [0.15, 0.2) is 6.07 Å². The molecule has 0 aliphatic rings. The second kappa shape index (κ2) is 4.94. The van der Waals surface area contributed by atoms with Crippen LogP contribution < -0.4 is 0 Å². The maximum atomic E-state index is 12.6. The minimum Gasteiger partial charge on any atom is -0.358 e. The molecule has 17 heavy (non-hydrogen) atoms. The van der Waals surface area contributed by atoms with E-state index in [-0.39, 0.29) is 12.1 Å². The summed E-state index contributed by atoms with van der Waals surface area (Å²) in [5, 5.41) is 27.6. The molecule has 1 aromatic heterocycles. The highest BCUT2D eigenvalue weighted by atomic mass is 19.3. The summed E-state index contributed by atoms with van der Waals surface area (Å²) in [6, 6.07) is 3.80. The Hall–Kier alpha value is -2.61. The summed E-state index contributed by atoms with van der Waals surface area (Å²) in [6.45, 7) is 0. The first-order valence-corrected chi connectivity index (χ1v) is 4.24. The highest BCUT2D eigenvalue weighted by Gasteiger charge is 2.26. The Morgan fingerprint density at radius 3 is 2.59 bits per heavy atom. The van der Waals surface area contributed by atoms with Crippen molar-refractivity contribution in [2.75, 3.05) is 0 Å². The zero-order valence-corrected chi connectivity index (χ0v) is 8.22. The quantitative estimate of drug-likeness (QED) is 0.590. The summed E-state index contributed by atoms with van der Waals surface area (Å²) in [5.41, 5.74) is -1.71. The van der Waals surface area contributed by atoms with Crippen molar-refractivity contribution in [1.29, 1.82) is 10.5 Å². The van der Waals surface area contributed by atoms with Crippen molar-refractivity contribution in [2.24, 2.45) is 0 Å². The van der Waals surface area contributed by atoms with Crippen molar-refractivity contribution in [3.8, 4) is 12.1 Å². The van der Waals surface area contributed by atoms with Crippen LogP contribution in [-0.4, -0.2) is 9.91 Å². The monoisotopic (exact) mass is 238 g/mol. The van der Waals surface area contributed by atoms with Crippen molar-refractivity contribution in [1.82, 2.24) is 4.98 Å². The third-order valence-electron chi connectivity index (χ3n) is 1.86. The summed E-state index contributed by atoms with van der Waals surface area (Å²) in [6.07, 6.45) is -3.38. The molecule has 0 aromatic carbocycles. The predicted octanol–water partition coefficient (Wildman–Crippen LogP) is 1.87. The van der Waals surface area contributed by atoms with E-state index < -0.39 is 28.3 Å². The fourth-order valence-corrected chi connectivity index (χ4v) is 1.20. The summed E-state index contributed by atoms with van der Waals surface area (Å²) < 4.78 is 25.2. The number of pyridine rings is 1. The van der Waals surface area contributed by atoms with Gasteiger partial charge in [-0.3, -0.25) is 0 Å². The molecule has 1 aromatic rings. The summed E-state index contributed by atoms with van der Waals surface area (Å²) in [5.74, 6) is -0.949. The van der Waals surface area contributed by atoms with Gasteiger partial charge in [-0.2, -0.15) is 10.5 Å². The third-order valence-corrected chi connectivity index (χ3v) is 1.86. The topological polar surface area (TPSA) is 104 Å². The number of halogens is 2. The van der Waals surface area contributed by atoms with Gasteiger partial charge >= 0.3 is 5.82 Å². The summed E-state index contributed by atoms with van der Waals surface area (Å²) in [7, 11) is 0. The standard InChI is InChI=1S/C9H4F2N4O2/c10-8(11)6-3-5(1-2-12)14-9(15(16)17)7(6)4-13/h3,8H,1H2. The molecular formula is C9H4F2N4O2. The number of alkyl halides is 2. The molecule has 0 spiro atoms. The van der Waals surface area contributed by atoms with Crippen molar-refractivity contribution in [3.05, 3.63) is 33.0 Å². The van der Waals surface area contributed by atoms with E-state index in [1.54, 1.807) is 6.07 Å². The minimum atomic E-state index is -3.04. The second-order valence-corrected chi connectivity index (χ2v) is 2.91. The van der Waals surface area contributed by atoms with Crippen LogP contribution in [0.5, 0.6) is 0 Å². The lowest BCUT2D eigenvalue weighted by Gasteiger charge is -2.03. The zero-order valence-electron chi connectivity index (χ0n) is 8.22. The van der Waals surface area contributed by atoms with Crippen LogP contribution in [0.25, 0.3) is 0 Å². The lowest BCUT2D eigenvalue weighted by atomic mass is 10.1. The number of nitro groups is 1. The number of aromatic nitrogens is 1. The van der Waals surface area contributed by atoms with E-state index >= 15 is 0 Å². The largest absolute Gasteiger partial charge is 0.382 e. The van der Waals surface area contributed by atoms with E-state index in [2.05, 4.69) is 4.98 Å². The number of nitrogens with zero attached hydrogens (tertiary/aromatic N) is 4. The first kappa shape index (κ1) is 12.5. The highest BCUT2D eigenvalue weighted by molar-refractivity contribution is 5.50. The van der Waals surface area contributed by atoms with Gasteiger partial charge in [-0.05, 0) is 16.0 Å². The molecule has 0 saturated carbocycles. The summed E-state index contributed by atoms with van der Waals surface area (Å²) in [4.78, 5) is 13.0. The van der Waals surface area contributed by atoms with Crippen molar-refractivity contribution >= 4 is 5.82 Å². The molecule has 0 aliphatic heterocycles. The average molecular weight is 238 g/mol. The van der Waals surface area contributed by atoms with Crippen LogP contribution in [0, 0.1) is 32.8 Å². The Labute approximate surface area is 93.9 Å². The number of hydrogen-bond donors (Lipinski definition) is 0. The molecule has 1 rings (SSSR count). The zero-order chi connectivity index (χ0) is 13.0. The van der Waals surface area contributed by atoms with Crippen LogP contribution >= 0.6 is 0 Å². The molecule has 0 saturated heterocycles.